The molecule has 4 heteroatoms. The van der Waals surface area contributed by atoms with Crippen molar-refractivity contribution in [2.75, 3.05) is 26.2 Å². The highest BCUT2D eigenvalue weighted by Crippen LogP contribution is 2.40. The van der Waals surface area contributed by atoms with Crippen LogP contribution in [-0.2, 0) is 0 Å². The van der Waals surface area contributed by atoms with Crippen molar-refractivity contribution in [3.05, 3.63) is 108 Å². The Labute approximate surface area is 184 Å². The van der Waals surface area contributed by atoms with Crippen LogP contribution in [0, 0.1) is 0 Å². The predicted molar refractivity (Wildman–Crippen MR) is 124 cm³/mol. The molecule has 31 heavy (non-hydrogen) atoms. The number of rotatable bonds is 5. The van der Waals surface area contributed by atoms with Gasteiger partial charge in [-0.25, -0.2) is 4.79 Å². The number of amides is 2. The van der Waals surface area contributed by atoms with Gasteiger partial charge in [0.15, 0.2) is 0 Å². The minimum atomic E-state index is 0.0825. The average Bonchev–Trinajstić information content (AvgIpc) is 3.61. The highest BCUT2D eigenvalue weighted by atomic mass is 16.2. The molecule has 5 rings (SSSR count). The lowest BCUT2D eigenvalue weighted by atomic mass is 9.96. The second-order valence-electron chi connectivity index (χ2n) is 8.56. The Morgan fingerprint density at radius 3 is 1.81 bits per heavy atom. The third kappa shape index (κ3) is 4.49. The molecule has 1 aliphatic heterocycles. The zero-order valence-corrected chi connectivity index (χ0v) is 17.7. The summed E-state index contributed by atoms with van der Waals surface area (Å²) in [4.78, 5) is 17.3. The number of nitrogens with one attached hydrogen (secondary N) is 1. The van der Waals surface area contributed by atoms with Crippen LogP contribution in [0.2, 0.25) is 0 Å². The van der Waals surface area contributed by atoms with E-state index in [1.165, 1.54) is 16.7 Å². The van der Waals surface area contributed by atoms with Gasteiger partial charge in [-0.3, -0.25) is 4.90 Å². The van der Waals surface area contributed by atoms with Crippen LogP contribution >= 0.6 is 0 Å². The Balaban J connectivity index is 1.21. The van der Waals surface area contributed by atoms with Crippen LogP contribution in [0.25, 0.3) is 0 Å². The molecule has 1 saturated heterocycles. The van der Waals surface area contributed by atoms with Gasteiger partial charge in [0.1, 0.15) is 0 Å². The first-order chi connectivity index (χ1) is 15.3. The highest BCUT2D eigenvalue weighted by molar-refractivity contribution is 5.75. The zero-order chi connectivity index (χ0) is 21.0. The Bertz CT molecular complexity index is 945. The minimum Gasteiger partial charge on any atom is -0.335 e. The Kier molecular flexibility index (Phi) is 5.72. The molecular formula is C27H29N3O. The number of urea groups is 1. The summed E-state index contributed by atoms with van der Waals surface area (Å²) in [5.74, 6) is 0.465. The third-order valence-corrected chi connectivity index (χ3v) is 6.52. The van der Waals surface area contributed by atoms with Gasteiger partial charge >= 0.3 is 6.03 Å². The van der Waals surface area contributed by atoms with Gasteiger partial charge in [0.25, 0.3) is 0 Å². The largest absolute Gasteiger partial charge is 0.335 e. The topological polar surface area (TPSA) is 35.6 Å². The first-order valence-corrected chi connectivity index (χ1v) is 11.2. The van der Waals surface area contributed by atoms with Crippen molar-refractivity contribution >= 4 is 6.03 Å². The van der Waals surface area contributed by atoms with E-state index < -0.39 is 0 Å². The summed E-state index contributed by atoms with van der Waals surface area (Å²) in [7, 11) is 0. The lowest BCUT2D eigenvalue weighted by molar-refractivity contribution is 0.120. The standard InChI is InChI=1S/C27H29N3O/c31-27(28-25-20-24(25)21-10-4-1-5-11-21)30-18-16-29(17-19-30)26(22-12-6-2-7-13-22)23-14-8-3-9-15-23/h1-15,24-26H,16-20H2,(H,28,31)/t24-,25-/m0/s1. The van der Waals surface area contributed by atoms with E-state index in [0.717, 1.165) is 32.6 Å². The lowest BCUT2D eigenvalue weighted by Crippen LogP contribution is -2.53. The Morgan fingerprint density at radius 2 is 1.26 bits per heavy atom. The molecule has 1 heterocycles. The summed E-state index contributed by atoms with van der Waals surface area (Å²) in [5, 5.41) is 3.25. The maximum atomic E-state index is 12.8. The van der Waals surface area contributed by atoms with Crippen LogP contribution in [0.4, 0.5) is 4.79 Å². The molecule has 1 N–H and O–H groups in total. The van der Waals surface area contributed by atoms with Crippen molar-refractivity contribution in [3.63, 3.8) is 0 Å². The number of hydrogen-bond donors (Lipinski definition) is 1. The monoisotopic (exact) mass is 411 g/mol. The van der Waals surface area contributed by atoms with Crippen molar-refractivity contribution in [2.45, 2.75) is 24.4 Å². The van der Waals surface area contributed by atoms with E-state index in [0.29, 0.717) is 5.92 Å². The summed E-state index contributed by atoms with van der Waals surface area (Å²) in [6, 6.07) is 32.4. The van der Waals surface area contributed by atoms with Gasteiger partial charge in [-0.2, -0.15) is 0 Å². The molecule has 4 nitrogen and oxygen atoms in total. The van der Waals surface area contributed by atoms with Crippen LogP contribution in [0.1, 0.15) is 35.1 Å². The second-order valence-corrected chi connectivity index (χ2v) is 8.56. The fourth-order valence-corrected chi connectivity index (χ4v) is 4.74. The predicted octanol–water partition coefficient (Wildman–Crippen LogP) is 4.66. The molecule has 0 radical (unpaired) electrons. The minimum absolute atomic E-state index is 0.0825. The lowest BCUT2D eigenvalue weighted by Gasteiger charge is -2.39. The van der Waals surface area contributed by atoms with Gasteiger partial charge in [0.05, 0.1) is 6.04 Å². The van der Waals surface area contributed by atoms with Crippen molar-refractivity contribution in [2.24, 2.45) is 0 Å². The van der Waals surface area contributed by atoms with Gasteiger partial charge in [-0.05, 0) is 23.1 Å². The SMILES string of the molecule is O=C(N[C@H]1C[C@H]1c1ccccc1)N1CCN(C(c2ccccc2)c2ccccc2)CC1. The van der Waals surface area contributed by atoms with Gasteiger partial charge in [0.2, 0.25) is 0 Å². The molecule has 1 aliphatic carbocycles. The first kappa shape index (κ1) is 19.8. The number of piperazine rings is 1. The van der Waals surface area contributed by atoms with Gasteiger partial charge in [0, 0.05) is 38.1 Å². The number of carbonyl (C=O) groups is 1. The molecule has 0 aromatic heterocycles. The number of nitrogens with zero attached hydrogens (tertiary/aromatic N) is 2. The second kappa shape index (κ2) is 8.94. The Hall–Kier alpha value is -3.11. The van der Waals surface area contributed by atoms with E-state index in [1.54, 1.807) is 0 Å². The summed E-state index contributed by atoms with van der Waals surface area (Å²) in [5.41, 5.74) is 3.93. The molecule has 2 atom stereocenters. The highest BCUT2D eigenvalue weighted by Gasteiger charge is 2.40. The Morgan fingerprint density at radius 1 is 0.742 bits per heavy atom. The maximum absolute atomic E-state index is 12.8. The number of carbonyl (C=O) groups excluding carboxylic acids is 1. The summed E-state index contributed by atoms with van der Waals surface area (Å²) in [6.07, 6.45) is 1.04. The quantitative estimate of drug-likeness (QED) is 0.663. The van der Waals surface area contributed by atoms with E-state index >= 15 is 0 Å². The molecule has 0 spiro atoms. The van der Waals surface area contributed by atoms with Crippen molar-refractivity contribution in [3.8, 4) is 0 Å². The molecular weight excluding hydrogens is 382 g/mol. The van der Waals surface area contributed by atoms with Crippen molar-refractivity contribution in [1.29, 1.82) is 0 Å². The molecule has 2 fully saturated rings. The van der Waals surface area contributed by atoms with Gasteiger partial charge in [-0.1, -0.05) is 91.0 Å². The van der Waals surface area contributed by atoms with Gasteiger partial charge in [-0.15, -0.1) is 0 Å². The van der Waals surface area contributed by atoms with Crippen LogP contribution in [0.15, 0.2) is 91.0 Å². The molecule has 2 aliphatic rings. The van der Waals surface area contributed by atoms with Crippen LogP contribution < -0.4 is 5.32 Å². The maximum Gasteiger partial charge on any atom is 0.317 e. The first-order valence-electron chi connectivity index (χ1n) is 11.2. The van der Waals surface area contributed by atoms with Gasteiger partial charge < -0.3 is 10.2 Å². The van der Waals surface area contributed by atoms with Crippen LogP contribution in [0.5, 0.6) is 0 Å². The van der Waals surface area contributed by atoms with Crippen molar-refractivity contribution < 1.29 is 4.79 Å². The smallest absolute Gasteiger partial charge is 0.317 e. The molecule has 0 bridgehead atoms. The molecule has 3 aromatic rings. The third-order valence-electron chi connectivity index (χ3n) is 6.52. The normalized spacial score (nSPS) is 21.1. The summed E-state index contributed by atoms with van der Waals surface area (Å²) < 4.78 is 0. The van der Waals surface area contributed by atoms with E-state index in [-0.39, 0.29) is 18.1 Å². The van der Waals surface area contributed by atoms with E-state index in [1.807, 2.05) is 11.0 Å². The summed E-state index contributed by atoms with van der Waals surface area (Å²) >= 11 is 0. The van der Waals surface area contributed by atoms with Crippen LogP contribution in [0.3, 0.4) is 0 Å². The molecule has 2 amide bonds. The fraction of sp³-hybridized carbons (Fsp3) is 0.296. The fourth-order valence-electron chi connectivity index (χ4n) is 4.74. The van der Waals surface area contributed by atoms with E-state index in [4.69, 9.17) is 0 Å². The molecule has 158 valence electrons. The molecule has 0 unspecified atom stereocenters. The molecule has 3 aromatic carbocycles. The number of benzene rings is 3. The molecule has 1 saturated carbocycles. The summed E-state index contributed by atoms with van der Waals surface area (Å²) in [6.45, 7) is 3.25. The average molecular weight is 412 g/mol. The van der Waals surface area contributed by atoms with E-state index in [9.17, 15) is 4.79 Å². The van der Waals surface area contributed by atoms with Crippen LogP contribution in [-0.4, -0.2) is 48.1 Å². The zero-order valence-electron chi connectivity index (χ0n) is 17.7. The number of hydrogen-bond acceptors (Lipinski definition) is 2. The van der Waals surface area contributed by atoms with Crippen molar-refractivity contribution in [1.82, 2.24) is 15.1 Å². The van der Waals surface area contributed by atoms with E-state index in [2.05, 4.69) is 95.1 Å².